The zero-order valence-corrected chi connectivity index (χ0v) is 21.2. The van der Waals surface area contributed by atoms with E-state index in [1.54, 1.807) is 6.92 Å². The predicted molar refractivity (Wildman–Crippen MR) is 140 cm³/mol. The minimum absolute atomic E-state index is 0.0257. The molecule has 0 aliphatic heterocycles. The Kier molecular flexibility index (Phi) is 8.97. The number of hydrogen-bond donors (Lipinski definition) is 2. The second kappa shape index (κ2) is 12.3. The molecule has 0 spiro atoms. The maximum Gasteiger partial charge on any atom is 0.339 e. The number of ether oxygens (including phenoxy) is 1. The fourth-order valence-electron chi connectivity index (χ4n) is 3.12. The van der Waals surface area contributed by atoms with E-state index in [0.717, 1.165) is 0 Å². The number of rotatable bonds is 9. The third-order valence-electron chi connectivity index (χ3n) is 4.88. The van der Waals surface area contributed by atoms with Gasteiger partial charge in [-0.25, -0.2) is 4.79 Å². The largest absolute Gasteiger partial charge is 0.462 e. The number of carbonyl (C=O) groups excluding carboxylic acids is 3. The van der Waals surface area contributed by atoms with Crippen LogP contribution in [0.25, 0.3) is 6.08 Å². The van der Waals surface area contributed by atoms with E-state index in [1.165, 1.54) is 85.8 Å². The van der Waals surface area contributed by atoms with E-state index in [1.807, 2.05) is 6.07 Å². The second-order valence-electron chi connectivity index (χ2n) is 7.73. The van der Waals surface area contributed by atoms with Crippen LogP contribution in [-0.4, -0.2) is 32.8 Å². The summed E-state index contributed by atoms with van der Waals surface area (Å²) < 4.78 is 35.2. The maximum absolute atomic E-state index is 12.6. The summed E-state index contributed by atoms with van der Waals surface area (Å²) in [5, 5.41) is 14.6. The number of amides is 2. The Bertz CT molecular complexity index is 1500. The van der Waals surface area contributed by atoms with Gasteiger partial charge in [0.25, 0.3) is 5.91 Å². The number of nitriles is 1. The lowest BCUT2D eigenvalue weighted by Crippen LogP contribution is -2.13. The first-order valence-corrected chi connectivity index (χ1v) is 12.6. The molecule has 0 aliphatic rings. The van der Waals surface area contributed by atoms with Crippen LogP contribution in [0.15, 0.2) is 83.3 Å². The molecule has 2 amide bonds. The lowest BCUT2D eigenvalue weighted by molar-refractivity contribution is -0.114. The van der Waals surface area contributed by atoms with Crippen molar-refractivity contribution in [2.75, 3.05) is 17.2 Å². The molecule has 10 nitrogen and oxygen atoms in total. The van der Waals surface area contributed by atoms with Crippen LogP contribution in [0.1, 0.15) is 29.8 Å². The molecule has 0 saturated heterocycles. The number of nitrogens with zero attached hydrogens (tertiary/aromatic N) is 1. The van der Waals surface area contributed by atoms with Gasteiger partial charge in [-0.1, -0.05) is 12.1 Å². The van der Waals surface area contributed by atoms with Gasteiger partial charge in [0.2, 0.25) is 5.91 Å². The molecule has 0 aliphatic carbocycles. The van der Waals surface area contributed by atoms with Gasteiger partial charge < -0.3 is 19.6 Å². The number of nitrogens with one attached hydrogen (secondary N) is 2. The molecule has 0 radical (unpaired) electrons. The number of benzene rings is 3. The van der Waals surface area contributed by atoms with Crippen LogP contribution in [-0.2, 0) is 24.4 Å². The average Bonchev–Trinajstić information content (AvgIpc) is 2.88. The van der Waals surface area contributed by atoms with Gasteiger partial charge in [-0.05, 0) is 79.2 Å². The van der Waals surface area contributed by atoms with Gasteiger partial charge in [0.1, 0.15) is 22.3 Å². The van der Waals surface area contributed by atoms with Crippen molar-refractivity contribution in [2.45, 2.75) is 18.7 Å². The van der Waals surface area contributed by atoms with Gasteiger partial charge in [0, 0.05) is 18.3 Å². The Morgan fingerprint density at radius 1 is 0.895 bits per heavy atom. The van der Waals surface area contributed by atoms with Crippen LogP contribution in [0, 0.1) is 11.3 Å². The molecule has 3 aromatic carbocycles. The van der Waals surface area contributed by atoms with Gasteiger partial charge in [-0.15, -0.1) is 0 Å². The Morgan fingerprint density at radius 2 is 1.47 bits per heavy atom. The van der Waals surface area contributed by atoms with Crippen LogP contribution in [0.5, 0.6) is 5.75 Å². The number of esters is 1. The van der Waals surface area contributed by atoms with E-state index in [9.17, 15) is 28.1 Å². The van der Waals surface area contributed by atoms with Crippen LogP contribution in [0.4, 0.5) is 11.4 Å². The smallest absolute Gasteiger partial charge is 0.339 e. The van der Waals surface area contributed by atoms with Crippen molar-refractivity contribution in [3.8, 4) is 11.8 Å². The fraction of sp³-hybridized carbons (Fsp3) is 0.111. The topological polar surface area (TPSA) is 152 Å². The third-order valence-corrected chi connectivity index (χ3v) is 6.14. The summed E-state index contributed by atoms with van der Waals surface area (Å²) in [7, 11) is -4.13. The third kappa shape index (κ3) is 7.52. The van der Waals surface area contributed by atoms with Crippen LogP contribution in [0.3, 0.4) is 0 Å². The van der Waals surface area contributed by atoms with Gasteiger partial charge in [0.15, 0.2) is 0 Å². The molecule has 3 aromatic rings. The van der Waals surface area contributed by atoms with Crippen molar-refractivity contribution in [2.24, 2.45) is 0 Å². The summed E-state index contributed by atoms with van der Waals surface area (Å²) in [5.74, 6) is -1.41. The fourth-order valence-corrected chi connectivity index (χ4v) is 4.05. The summed E-state index contributed by atoms with van der Waals surface area (Å²) in [6.45, 7) is 3.28. The Hall–Kier alpha value is -4.95. The molecule has 0 saturated carbocycles. The first-order valence-electron chi connectivity index (χ1n) is 11.2. The SMILES string of the molecule is CCOC(=O)c1ccc(NC(=O)/C(C#N)=C/c2ccc(OS(=O)(=O)c3ccc(NC(C)=O)cc3)cc2)cc1. The van der Waals surface area contributed by atoms with E-state index in [0.29, 0.717) is 22.5 Å². The van der Waals surface area contributed by atoms with E-state index in [4.69, 9.17) is 8.92 Å². The van der Waals surface area contributed by atoms with Crippen molar-refractivity contribution in [3.63, 3.8) is 0 Å². The molecular formula is C27H23N3O7S. The van der Waals surface area contributed by atoms with Crippen molar-refractivity contribution < 1.29 is 31.7 Å². The zero-order chi connectivity index (χ0) is 27.7. The zero-order valence-electron chi connectivity index (χ0n) is 20.4. The van der Waals surface area contributed by atoms with Crippen LogP contribution < -0.4 is 14.8 Å². The second-order valence-corrected chi connectivity index (χ2v) is 9.28. The molecule has 0 fully saturated rings. The summed E-state index contributed by atoms with van der Waals surface area (Å²) >= 11 is 0. The predicted octanol–water partition coefficient (Wildman–Crippen LogP) is 4.14. The number of hydrogen-bond acceptors (Lipinski definition) is 8. The summed E-state index contributed by atoms with van der Waals surface area (Å²) in [5.41, 5.74) is 1.41. The molecule has 11 heteroatoms. The standard InChI is InChI=1S/C27H23N3O7S/c1-3-36-27(33)20-6-8-23(9-7-20)30-26(32)21(17-28)16-19-4-12-24(13-5-19)37-38(34,35)25-14-10-22(11-15-25)29-18(2)31/h4-16H,3H2,1-2H3,(H,29,31)(H,30,32)/b21-16+. The number of carbonyl (C=O) groups is 3. The normalized spacial score (nSPS) is 11.1. The monoisotopic (exact) mass is 533 g/mol. The highest BCUT2D eigenvalue weighted by molar-refractivity contribution is 7.87. The van der Waals surface area contributed by atoms with Crippen molar-refractivity contribution >= 4 is 45.4 Å². The minimum Gasteiger partial charge on any atom is -0.462 e. The molecule has 3 rings (SSSR count). The lowest BCUT2D eigenvalue weighted by atomic mass is 10.1. The Labute approximate surface area is 219 Å². The quantitative estimate of drug-likeness (QED) is 0.180. The van der Waals surface area contributed by atoms with Crippen molar-refractivity contribution in [1.82, 2.24) is 0 Å². The van der Waals surface area contributed by atoms with Crippen LogP contribution >= 0.6 is 0 Å². The molecule has 2 N–H and O–H groups in total. The highest BCUT2D eigenvalue weighted by Gasteiger charge is 2.17. The van der Waals surface area contributed by atoms with Crippen molar-refractivity contribution in [3.05, 3.63) is 89.5 Å². The molecule has 0 aromatic heterocycles. The van der Waals surface area contributed by atoms with Crippen molar-refractivity contribution in [1.29, 1.82) is 5.26 Å². The van der Waals surface area contributed by atoms with E-state index >= 15 is 0 Å². The molecule has 0 bridgehead atoms. The molecule has 38 heavy (non-hydrogen) atoms. The molecular weight excluding hydrogens is 510 g/mol. The summed E-state index contributed by atoms with van der Waals surface area (Å²) in [6, 6.07) is 19.1. The lowest BCUT2D eigenvalue weighted by Gasteiger charge is -2.09. The molecule has 0 heterocycles. The minimum atomic E-state index is -4.13. The van der Waals surface area contributed by atoms with Gasteiger partial charge in [0.05, 0.1) is 12.2 Å². The molecule has 194 valence electrons. The maximum atomic E-state index is 12.6. The Balaban J connectivity index is 1.67. The molecule has 0 unspecified atom stereocenters. The van der Waals surface area contributed by atoms with E-state index in [-0.39, 0.29) is 28.7 Å². The first kappa shape index (κ1) is 27.6. The van der Waals surface area contributed by atoms with Gasteiger partial charge in [-0.2, -0.15) is 13.7 Å². The summed E-state index contributed by atoms with van der Waals surface area (Å²) in [6.07, 6.45) is 1.33. The summed E-state index contributed by atoms with van der Waals surface area (Å²) in [4.78, 5) is 35.3. The number of anilines is 2. The highest BCUT2D eigenvalue weighted by atomic mass is 32.2. The van der Waals surface area contributed by atoms with E-state index in [2.05, 4.69) is 10.6 Å². The first-order chi connectivity index (χ1) is 18.1. The highest BCUT2D eigenvalue weighted by Crippen LogP contribution is 2.22. The molecule has 0 atom stereocenters. The van der Waals surface area contributed by atoms with Crippen LogP contribution in [0.2, 0.25) is 0 Å². The Morgan fingerprint density at radius 3 is 2.03 bits per heavy atom. The van der Waals surface area contributed by atoms with Gasteiger partial charge in [-0.3, -0.25) is 9.59 Å². The van der Waals surface area contributed by atoms with E-state index < -0.39 is 22.0 Å². The average molecular weight is 534 g/mol. The van der Waals surface area contributed by atoms with Gasteiger partial charge >= 0.3 is 16.1 Å².